The van der Waals surface area contributed by atoms with Crippen LogP contribution in [-0.2, 0) is 7.57 Å². The summed E-state index contributed by atoms with van der Waals surface area (Å²) in [6, 6.07) is 16.6. The number of benzene rings is 2. The molecular weight excluding hydrogens is 340 g/mol. The number of carbonyl (C=O) groups is 1. The predicted molar refractivity (Wildman–Crippen MR) is 72.3 cm³/mol. The van der Waals surface area contributed by atoms with Gasteiger partial charge in [-0.05, 0) is 0 Å². The molecule has 2 rings (SSSR count). The van der Waals surface area contributed by atoms with Crippen LogP contribution >= 0.6 is 0 Å². The molecule has 0 bridgehead atoms. The third kappa shape index (κ3) is 3.35. The van der Waals surface area contributed by atoms with E-state index in [0.29, 0.717) is 15.6 Å². The van der Waals surface area contributed by atoms with E-state index in [1.807, 2.05) is 59.6 Å². The van der Waals surface area contributed by atoms with E-state index in [0.717, 1.165) is 5.56 Å². The quantitative estimate of drug-likeness (QED) is 0.625. The van der Waals surface area contributed by atoms with Crippen LogP contribution in [0.25, 0.3) is 0 Å². The second-order valence-electron chi connectivity index (χ2n) is 4.11. The van der Waals surface area contributed by atoms with Crippen LogP contribution in [0.5, 0.6) is 0 Å². The average Bonchev–Trinajstić information content (AvgIpc) is 2.39. The Morgan fingerprint density at radius 3 is 2.06 bits per heavy atom. The number of hydrogen-bond acceptors (Lipinski definition) is 2. The Labute approximate surface area is 114 Å². The van der Waals surface area contributed by atoms with Crippen molar-refractivity contribution < 1.29 is 7.90 Å². The van der Waals surface area contributed by atoms with Crippen LogP contribution in [0.3, 0.4) is 0 Å². The molecular formula is C15H14O2Te. The molecule has 2 aromatic carbocycles. The van der Waals surface area contributed by atoms with Crippen molar-refractivity contribution in [1.29, 1.82) is 0 Å². The summed E-state index contributed by atoms with van der Waals surface area (Å²) >= 11 is -2.11. The molecule has 18 heavy (non-hydrogen) atoms. The third-order valence-electron chi connectivity index (χ3n) is 2.62. The predicted octanol–water partition coefficient (Wildman–Crippen LogP) is 3.05. The van der Waals surface area contributed by atoms with E-state index in [2.05, 4.69) is 0 Å². The van der Waals surface area contributed by atoms with E-state index in [4.69, 9.17) is 0 Å². The summed E-state index contributed by atoms with van der Waals surface area (Å²) in [4.78, 5) is 13.9. The van der Waals surface area contributed by atoms with Gasteiger partial charge in [-0.1, -0.05) is 0 Å². The average molecular weight is 354 g/mol. The van der Waals surface area contributed by atoms with E-state index in [1.54, 1.807) is 0 Å². The van der Waals surface area contributed by atoms with Gasteiger partial charge in [0, 0.05) is 0 Å². The second kappa shape index (κ2) is 6.04. The van der Waals surface area contributed by atoms with Gasteiger partial charge in [0.05, 0.1) is 0 Å². The van der Waals surface area contributed by atoms with Crippen LogP contribution in [-0.4, -0.2) is 25.3 Å². The molecule has 2 aromatic rings. The van der Waals surface area contributed by atoms with Gasteiger partial charge in [-0.25, -0.2) is 0 Å². The van der Waals surface area contributed by atoms with E-state index >= 15 is 0 Å². The minimum atomic E-state index is -2.11. The zero-order valence-electron chi connectivity index (χ0n) is 10.1. The molecule has 0 fully saturated rings. The Kier molecular flexibility index (Phi) is 4.41. The summed E-state index contributed by atoms with van der Waals surface area (Å²) in [5, 5.41) is 0. The molecule has 92 valence electrons. The molecule has 0 aromatic heterocycles. The second-order valence-corrected chi connectivity index (χ2v) is 8.21. The number of carbonyl (C=O) groups excluding carboxylic acids is 1. The van der Waals surface area contributed by atoms with Gasteiger partial charge in [0.25, 0.3) is 0 Å². The summed E-state index contributed by atoms with van der Waals surface area (Å²) in [6.45, 7) is 0. The number of hydrogen-bond donors (Lipinski definition) is 0. The molecule has 0 aliphatic carbocycles. The van der Waals surface area contributed by atoms with Crippen LogP contribution in [0.4, 0.5) is 0 Å². The van der Waals surface area contributed by atoms with Crippen LogP contribution in [0, 0.1) is 0 Å². The third-order valence-corrected chi connectivity index (χ3v) is 4.73. The Morgan fingerprint density at radius 1 is 0.944 bits per heavy atom. The Morgan fingerprint density at radius 2 is 1.50 bits per heavy atom. The van der Waals surface area contributed by atoms with Crippen molar-refractivity contribution >= 4 is 25.3 Å². The molecule has 0 amide bonds. The molecule has 0 heterocycles. The van der Waals surface area contributed by atoms with Crippen molar-refractivity contribution in [2.45, 2.75) is 9.44 Å². The normalized spacial score (nSPS) is 10.6. The van der Waals surface area contributed by atoms with Gasteiger partial charge in [-0.15, -0.1) is 0 Å². The van der Waals surface area contributed by atoms with Crippen molar-refractivity contribution in [2.75, 3.05) is 0 Å². The van der Waals surface area contributed by atoms with Gasteiger partial charge in [0.2, 0.25) is 0 Å². The number of rotatable bonds is 4. The van der Waals surface area contributed by atoms with E-state index in [9.17, 15) is 7.90 Å². The van der Waals surface area contributed by atoms with E-state index < -0.39 is 19.5 Å². The summed E-state index contributed by atoms with van der Waals surface area (Å²) < 4.78 is 11.9. The first-order valence-electron chi connectivity index (χ1n) is 5.65. The van der Waals surface area contributed by atoms with Gasteiger partial charge in [-0.2, -0.15) is 0 Å². The summed E-state index contributed by atoms with van der Waals surface area (Å²) in [7, 11) is 0. The van der Waals surface area contributed by atoms with Gasteiger partial charge in [-0.3, -0.25) is 0 Å². The van der Waals surface area contributed by atoms with Crippen LogP contribution < -0.4 is 0 Å². The Hall–Kier alpha value is -1.30. The molecule has 0 saturated carbocycles. The Balaban J connectivity index is 2.20. The van der Waals surface area contributed by atoms with Crippen molar-refractivity contribution in [3.05, 3.63) is 71.3 Å². The zero-order valence-corrected chi connectivity index (χ0v) is 12.5. The van der Waals surface area contributed by atoms with Crippen molar-refractivity contribution in [1.82, 2.24) is 0 Å². The molecule has 0 aliphatic heterocycles. The number of ketones is 1. The molecule has 0 spiro atoms. The summed E-state index contributed by atoms with van der Waals surface area (Å²) in [5.41, 5.74) is 2.42. The molecule has 0 aliphatic rings. The molecule has 0 N–H and O–H groups in total. The maximum atomic E-state index is 12.1. The SMILES string of the molecule is C[Te](=O)Cc1ccc(C(=O)c2ccccc2)cc1. The molecule has 3 heteroatoms. The van der Waals surface area contributed by atoms with E-state index in [-0.39, 0.29) is 5.78 Å². The maximum absolute atomic E-state index is 12.1. The monoisotopic (exact) mass is 356 g/mol. The molecule has 0 atom stereocenters. The summed E-state index contributed by atoms with van der Waals surface area (Å²) in [6.07, 6.45) is 0. The minimum absolute atomic E-state index is 0.0253. The molecule has 0 unspecified atom stereocenters. The first-order valence-corrected chi connectivity index (χ1v) is 10.6. The van der Waals surface area contributed by atoms with Crippen LogP contribution in [0.1, 0.15) is 21.5 Å². The van der Waals surface area contributed by atoms with Crippen LogP contribution in [0.2, 0.25) is 4.97 Å². The fourth-order valence-corrected chi connectivity index (χ4v) is 3.63. The van der Waals surface area contributed by atoms with Gasteiger partial charge in [0.15, 0.2) is 0 Å². The molecule has 0 radical (unpaired) electrons. The van der Waals surface area contributed by atoms with Crippen molar-refractivity contribution in [3.8, 4) is 0 Å². The molecule has 2 nitrogen and oxygen atoms in total. The fraction of sp³-hybridized carbons (Fsp3) is 0.133. The topological polar surface area (TPSA) is 34.1 Å². The van der Waals surface area contributed by atoms with Crippen molar-refractivity contribution in [3.63, 3.8) is 0 Å². The Bertz CT molecular complexity index is 559. The van der Waals surface area contributed by atoms with Crippen LogP contribution in [0.15, 0.2) is 54.6 Å². The van der Waals surface area contributed by atoms with Gasteiger partial charge in [0.1, 0.15) is 0 Å². The van der Waals surface area contributed by atoms with E-state index in [1.165, 1.54) is 0 Å². The van der Waals surface area contributed by atoms with Gasteiger partial charge < -0.3 is 0 Å². The first-order chi connectivity index (χ1) is 8.66. The summed E-state index contributed by atoms with van der Waals surface area (Å²) in [5.74, 6) is 0.0253. The molecule has 0 saturated heterocycles. The van der Waals surface area contributed by atoms with Crippen molar-refractivity contribution in [2.24, 2.45) is 0 Å². The standard InChI is InChI=1S/C15H14O2Te/c1-18(17)11-12-7-9-14(10-8-12)15(16)13-5-3-2-4-6-13/h2-10H,11H2,1H3. The first kappa shape index (κ1) is 13.1. The van der Waals surface area contributed by atoms with Gasteiger partial charge >= 0.3 is 114 Å². The zero-order chi connectivity index (χ0) is 13.0. The fourth-order valence-electron chi connectivity index (χ4n) is 1.74.